The van der Waals surface area contributed by atoms with Gasteiger partial charge in [-0.15, -0.1) is 0 Å². The van der Waals surface area contributed by atoms with Crippen molar-refractivity contribution >= 4 is 11.8 Å². The number of nitrogens with zero attached hydrogens (tertiary/aromatic N) is 1. The van der Waals surface area contributed by atoms with E-state index in [2.05, 4.69) is 5.32 Å². The highest BCUT2D eigenvalue weighted by Gasteiger charge is 2.24. The summed E-state index contributed by atoms with van der Waals surface area (Å²) in [6, 6.07) is -0.481. The van der Waals surface area contributed by atoms with Crippen LogP contribution in [0.25, 0.3) is 0 Å². The maximum Gasteiger partial charge on any atom is 0.245 e. The molecular formula is C13H25N3O3. The first-order chi connectivity index (χ1) is 9.06. The van der Waals surface area contributed by atoms with E-state index in [1.807, 2.05) is 6.92 Å². The molecule has 1 heterocycles. The summed E-state index contributed by atoms with van der Waals surface area (Å²) >= 11 is 0. The van der Waals surface area contributed by atoms with Gasteiger partial charge in [0.15, 0.2) is 0 Å². The third-order valence-electron chi connectivity index (χ3n) is 3.34. The molecular weight excluding hydrogens is 246 g/mol. The van der Waals surface area contributed by atoms with Crippen molar-refractivity contribution in [2.24, 2.45) is 11.7 Å². The number of nitrogens with one attached hydrogen (secondary N) is 1. The molecule has 2 atom stereocenters. The number of hydrogen-bond acceptors (Lipinski definition) is 4. The van der Waals surface area contributed by atoms with E-state index in [0.29, 0.717) is 32.8 Å². The average molecular weight is 271 g/mol. The van der Waals surface area contributed by atoms with Crippen molar-refractivity contribution in [3.05, 3.63) is 0 Å². The van der Waals surface area contributed by atoms with Crippen LogP contribution in [-0.4, -0.2) is 55.6 Å². The molecule has 3 N–H and O–H groups in total. The van der Waals surface area contributed by atoms with Crippen LogP contribution >= 0.6 is 0 Å². The third-order valence-corrected chi connectivity index (χ3v) is 3.34. The maximum absolute atomic E-state index is 12.1. The smallest absolute Gasteiger partial charge is 0.245 e. The summed E-state index contributed by atoms with van der Waals surface area (Å²) in [6.07, 6.45) is 1.57. The van der Waals surface area contributed by atoms with Crippen molar-refractivity contribution in [2.75, 3.05) is 32.8 Å². The van der Waals surface area contributed by atoms with Crippen LogP contribution < -0.4 is 11.1 Å². The third kappa shape index (κ3) is 5.16. The molecule has 1 saturated heterocycles. The lowest BCUT2D eigenvalue weighted by Gasteiger charge is -2.29. The van der Waals surface area contributed by atoms with Gasteiger partial charge in [0.2, 0.25) is 11.8 Å². The standard InChI is InChI=1S/C13H25N3O3/c1-10(4-3-5-14)12(17)15-11(2)13(18)16-6-8-19-9-7-16/h10-11H,3-9,14H2,1-2H3,(H,15,17). The summed E-state index contributed by atoms with van der Waals surface area (Å²) in [5.41, 5.74) is 5.42. The summed E-state index contributed by atoms with van der Waals surface area (Å²) in [4.78, 5) is 25.7. The lowest BCUT2D eigenvalue weighted by molar-refractivity contribution is -0.140. The normalized spacial score (nSPS) is 18.8. The van der Waals surface area contributed by atoms with Gasteiger partial charge in [-0.2, -0.15) is 0 Å². The molecule has 0 aliphatic carbocycles. The van der Waals surface area contributed by atoms with Crippen molar-refractivity contribution in [3.63, 3.8) is 0 Å². The highest BCUT2D eigenvalue weighted by atomic mass is 16.5. The fourth-order valence-corrected chi connectivity index (χ4v) is 2.03. The van der Waals surface area contributed by atoms with Gasteiger partial charge >= 0.3 is 0 Å². The van der Waals surface area contributed by atoms with Gasteiger partial charge in [-0.3, -0.25) is 9.59 Å². The minimum absolute atomic E-state index is 0.0392. The van der Waals surface area contributed by atoms with Crippen LogP contribution in [0.15, 0.2) is 0 Å². The topological polar surface area (TPSA) is 84.7 Å². The largest absolute Gasteiger partial charge is 0.378 e. The Morgan fingerprint density at radius 3 is 2.53 bits per heavy atom. The number of nitrogens with two attached hydrogens (primary N) is 1. The van der Waals surface area contributed by atoms with Gasteiger partial charge in [-0.1, -0.05) is 6.92 Å². The van der Waals surface area contributed by atoms with Gasteiger partial charge < -0.3 is 20.7 Å². The first kappa shape index (κ1) is 15.9. The van der Waals surface area contributed by atoms with Crippen molar-refractivity contribution in [2.45, 2.75) is 32.7 Å². The zero-order valence-electron chi connectivity index (χ0n) is 11.9. The van der Waals surface area contributed by atoms with Crippen LogP contribution in [0.4, 0.5) is 0 Å². The van der Waals surface area contributed by atoms with E-state index >= 15 is 0 Å². The molecule has 2 unspecified atom stereocenters. The number of morpholine rings is 1. The molecule has 0 radical (unpaired) electrons. The Labute approximate surface area is 114 Å². The zero-order chi connectivity index (χ0) is 14.3. The van der Waals surface area contributed by atoms with Gasteiger partial charge in [0.25, 0.3) is 0 Å². The molecule has 0 bridgehead atoms. The molecule has 0 aromatic heterocycles. The summed E-state index contributed by atoms with van der Waals surface area (Å²) in [7, 11) is 0. The number of carbonyl (C=O) groups excluding carboxylic acids is 2. The van der Waals surface area contributed by atoms with Gasteiger partial charge in [0.1, 0.15) is 6.04 Å². The van der Waals surface area contributed by atoms with Crippen molar-refractivity contribution in [1.82, 2.24) is 10.2 Å². The first-order valence-electron chi connectivity index (χ1n) is 6.93. The molecule has 1 fully saturated rings. The van der Waals surface area contributed by atoms with E-state index in [1.165, 1.54) is 0 Å². The lowest BCUT2D eigenvalue weighted by atomic mass is 10.0. The summed E-state index contributed by atoms with van der Waals surface area (Å²) in [5, 5.41) is 2.77. The van der Waals surface area contributed by atoms with Gasteiger partial charge in [-0.25, -0.2) is 0 Å². The summed E-state index contributed by atoms with van der Waals surface area (Å²) < 4.78 is 5.20. The first-order valence-corrected chi connectivity index (χ1v) is 6.93. The van der Waals surface area contributed by atoms with Crippen LogP contribution in [0.3, 0.4) is 0 Å². The number of ether oxygens (including phenoxy) is 1. The van der Waals surface area contributed by atoms with Crippen LogP contribution in [0, 0.1) is 5.92 Å². The van der Waals surface area contributed by atoms with Gasteiger partial charge in [0.05, 0.1) is 13.2 Å². The van der Waals surface area contributed by atoms with E-state index in [-0.39, 0.29) is 17.7 Å². The Hall–Kier alpha value is -1.14. The molecule has 110 valence electrons. The molecule has 0 spiro atoms. The highest BCUT2D eigenvalue weighted by Crippen LogP contribution is 2.06. The second-order valence-corrected chi connectivity index (χ2v) is 5.00. The molecule has 19 heavy (non-hydrogen) atoms. The second kappa shape index (κ2) is 8.12. The fraction of sp³-hybridized carbons (Fsp3) is 0.846. The fourth-order valence-electron chi connectivity index (χ4n) is 2.03. The zero-order valence-corrected chi connectivity index (χ0v) is 11.9. The van der Waals surface area contributed by atoms with E-state index in [4.69, 9.17) is 10.5 Å². The predicted octanol–water partition coefficient (Wildman–Crippen LogP) is -0.275. The number of carbonyl (C=O) groups is 2. The average Bonchev–Trinajstić information content (AvgIpc) is 2.44. The second-order valence-electron chi connectivity index (χ2n) is 5.00. The number of hydrogen-bond donors (Lipinski definition) is 2. The Kier molecular flexibility index (Phi) is 6.80. The predicted molar refractivity (Wildman–Crippen MR) is 72.5 cm³/mol. The van der Waals surface area contributed by atoms with Gasteiger partial charge in [-0.05, 0) is 26.3 Å². The molecule has 2 amide bonds. The maximum atomic E-state index is 12.1. The van der Waals surface area contributed by atoms with Crippen LogP contribution in [-0.2, 0) is 14.3 Å². The Morgan fingerprint density at radius 2 is 1.95 bits per heavy atom. The van der Waals surface area contributed by atoms with Crippen LogP contribution in [0.2, 0.25) is 0 Å². The molecule has 0 aromatic carbocycles. The van der Waals surface area contributed by atoms with Crippen molar-refractivity contribution in [1.29, 1.82) is 0 Å². The summed E-state index contributed by atoms with van der Waals surface area (Å²) in [6.45, 7) is 6.50. The quantitative estimate of drug-likeness (QED) is 0.696. The minimum Gasteiger partial charge on any atom is -0.378 e. The summed E-state index contributed by atoms with van der Waals surface area (Å²) in [5.74, 6) is -0.228. The molecule has 1 rings (SSSR count). The Morgan fingerprint density at radius 1 is 1.32 bits per heavy atom. The Bertz CT molecular complexity index is 304. The molecule has 6 heteroatoms. The minimum atomic E-state index is -0.481. The van der Waals surface area contributed by atoms with Crippen LogP contribution in [0.1, 0.15) is 26.7 Å². The number of rotatable bonds is 6. The van der Waals surface area contributed by atoms with E-state index < -0.39 is 6.04 Å². The molecule has 0 saturated carbocycles. The van der Waals surface area contributed by atoms with E-state index in [9.17, 15) is 9.59 Å². The monoisotopic (exact) mass is 271 g/mol. The Balaban J connectivity index is 2.37. The number of amides is 2. The molecule has 6 nitrogen and oxygen atoms in total. The van der Waals surface area contributed by atoms with E-state index in [0.717, 1.165) is 12.8 Å². The lowest BCUT2D eigenvalue weighted by Crippen LogP contribution is -2.51. The SMILES string of the molecule is CC(CCCN)C(=O)NC(C)C(=O)N1CCOCC1. The van der Waals surface area contributed by atoms with Crippen LogP contribution in [0.5, 0.6) is 0 Å². The molecule has 0 aromatic rings. The molecule has 1 aliphatic heterocycles. The highest BCUT2D eigenvalue weighted by molar-refractivity contribution is 5.88. The van der Waals surface area contributed by atoms with E-state index in [1.54, 1.807) is 11.8 Å². The van der Waals surface area contributed by atoms with Crippen molar-refractivity contribution in [3.8, 4) is 0 Å². The van der Waals surface area contributed by atoms with Crippen molar-refractivity contribution < 1.29 is 14.3 Å². The van der Waals surface area contributed by atoms with Gasteiger partial charge in [0, 0.05) is 19.0 Å². The molecule has 1 aliphatic rings.